The molecule has 51 heavy (non-hydrogen) atoms. The Labute approximate surface area is 324 Å². The number of allylic oxidation sites excluding steroid dienone is 2. The quantitative estimate of drug-likeness (QED) is 0.155. The molecule has 0 N–H and O–H groups in total. The molecule has 4 aromatic carbocycles. The number of fused-ring (bicyclic) bond motifs is 2. The summed E-state index contributed by atoms with van der Waals surface area (Å²) in [5, 5.41) is 0. The average Bonchev–Trinajstić information content (AvgIpc) is 3.85. The standard InChI is InChI=1S/C24H27.C21H23.2CH3.2ClH.H2Si.Zr/c1-24(2,3)21-13-11-18(12-14-21)22-10-6-9-19-15-20(16-23(19)22)17-7-4-5-8-17;1-4-15(3)17-9-11-18(12-10-17)20-8-6-7-19-13-16(5-2)14-21(19)20;;;;;;/h6,9-17H,4-5,7-8H2,1-3H3;6-15H,4-5H2,1-3H3;2*1H3;2*1H;1H2;. The molecule has 0 bridgehead atoms. The fourth-order valence-electron chi connectivity index (χ4n) is 10.0. The molecule has 1 fully saturated rings. The van der Waals surface area contributed by atoms with Gasteiger partial charge in [-0.25, -0.2) is 0 Å². The van der Waals surface area contributed by atoms with Crippen LogP contribution in [0.1, 0.15) is 127 Å². The topological polar surface area (TPSA) is 0 Å². The monoisotopic (exact) mass is 812 g/mol. The minimum atomic E-state index is -3.72. The van der Waals surface area contributed by atoms with Crippen molar-refractivity contribution in [3.05, 3.63) is 129 Å². The van der Waals surface area contributed by atoms with Gasteiger partial charge in [0.2, 0.25) is 0 Å². The van der Waals surface area contributed by atoms with Crippen molar-refractivity contribution in [2.45, 2.75) is 108 Å². The van der Waals surface area contributed by atoms with Gasteiger partial charge in [0.05, 0.1) is 0 Å². The number of benzene rings is 4. The first-order valence-electron chi connectivity index (χ1n) is 19.3. The van der Waals surface area contributed by atoms with Crippen molar-refractivity contribution < 1.29 is 17.4 Å². The Bertz CT molecular complexity index is 2010. The molecule has 0 aromatic heterocycles. The minimum Gasteiger partial charge on any atom is -0.147 e. The van der Waals surface area contributed by atoms with Crippen LogP contribution in [0.3, 0.4) is 0 Å². The molecule has 0 aliphatic heterocycles. The van der Waals surface area contributed by atoms with E-state index in [4.69, 9.17) is 0 Å². The Morgan fingerprint density at radius 3 is 1.73 bits per heavy atom. The van der Waals surface area contributed by atoms with Gasteiger partial charge < -0.3 is 0 Å². The third-order valence-electron chi connectivity index (χ3n) is 12.8. The van der Waals surface area contributed by atoms with E-state index in [2.05, 4.69) is 155 Å². The van der Waals surface area contributed by atoms with Crippen molar-refractivity contribution in [1.82, 2.24) is 0 Å². The van der Waals surface area contributed by atoms with Crippen molar-refractivity contribution in [2.75, 3.05) is 0 Å². The second kappa shape index (κ2) is 15.1. The van der Waals surface area contributed by atoms with E-state index < -0.39 is 17.4 Å². The van der Waals surface area contributed by atoms with Gasteiger partial charge in [0, 0.05) is 0 Å². The molecular formula is C47H60Cl2SiZr. The van der Waals surface area contributed by atoms with Gasteiger partial charge in [-0.2, -0.15) is 0 Å². The van der Waals surface area contributed by atoms with Gasteiger partial charge in [-0.1, -0.05) is 0 Å². The van der Waals surface area contributed by atoms with E-state index in [0.29, 0.717) is 13.2 Å². The molecule has 1 saturated carbocycles. The molecule has 270 valence electrons. The molecule has 0 radical (unpaired) electrons. The van der Waals surface area contributed by atoms with Gasteiger partial charge in [-0.3, -0.25) is 0 Å². The summed E-state index contributed by atoms with van der Waals surface area (Å²) in [6.45, 7) is 16.5. The van der Waals surface area contributed by atoms with Crippen LogP contribution in [-0.4, -0.2) is 6.88 Å². The summed E-state index contributed by atoms with van der Waals surface area (Å²) in [4.78, 5) is 0. The third-order valence-corrected chi connectivity index (χ3v) is 30.3. The first-order chi connectivity index (χ1) is 23.3. The maximum atomic E-state index is 2.84. The smallest absolute Gasteiger partial charge is 0.147 e. The van der Waals surface area contributed by atoms with Gasteiger partial charge in [0.25, 0.3) is 0 Å². The van der Waals surface area contributed by atoms with E-state index in [1.807, 2.05) is 0 Å². The van der Waals surface area contributed by atoms with E-state index in [0.717, 1.165) is 12.3 Å². The summed E-state index contributed by atoms with van der Waals surface area (Å²) >= 11 is -3.72. The van der Waals surface area contributed by atoms with Crippen LogP contribution < -0.4 is 0 Å². The molecule has 3 unspecified atom stereocenters. The number of rotatable bonds is 8. The van der Waals surface area contributed by atoms with Crippen LogP contribution in [0.5, 0.6) is 0 Å². The average molecular weight is 815 g/mol. The van der Waals surface area contributed by atoms with E-state index in [1.165, 1.54) is 76.6 Å². The molecule has 4 aromatic rings. The van der Waals surface area contributed by atoms with Crippen LogP contribution in [-0.2, 0) is 22.8 Å². The largest absolute Gasteiger partial charge is 0.147 e. The van der Waals surface area contributed by atoms with Crippen molar-refractivity contribution >= 4 is 43.8 Å². The Morgan fingerprint density at radius 2 is 1.22 bits per heavy atom. The predicted octanol–water partition coefficient (Wildman–Crippen LogP) is 14.2. The van der Waals surface area contributed by atoms with Gasteiger partial charge in [-0.15, -0.1) is 24.8 Å². The van der Waals surface area contributed by atoms with Crippen molar-refractivity contribution in [2.24, 2.45) is 5.92 Å². The summed E-state index contributed by atoms with van der Waals surface area (Å²) in [5.41, 5.74) is 18.3. The van der Waals surface area contributed by atoms with E-state index >= 15 is 0 Å². The molecule has 0 saturated heterocycles. The summed E-state index contributed by atoms with van der Waals surface area (Å²) in [6.07, 6.45) is 13.1. The molecule has 3 aliphatic rings. The molecule has 3 atom stereocenters. The summed E-state index contributed by atoms with van der Waals surface area (Å²) in [5.74, 6) is 1.32. The van der Waals surface area contributed by atoms with Crippen LogP contribution in [0.2, 0.25) is 9.26 Å². The van der Waals surface area contributed by atoms with Gasteiger partial charge in [-0.05, 0) is 0 Å². The molecule has 0 spiro atoms. The zero-order valence-corrected chi connectivity index (χ0v) is 37.8. The summed E-state index contributed by atoms with van der Waals surface area (Å²) < 4.78 is 6.79. The second-order valence-electron chi connectivity index (χ2n) is 17.9. The first-order valence-corrected chi connectivity index (χ1v) is 32.9. The second-order valence-corrected chi connectivity index (χ2v) is 48.3. The fraction of sp³-hybridized carbons (Fsp3) is 0.404. The normalized spacial score (nSPS) is 19.4. The summed E-state index contributed by atoms with van der Waals surface area (Å²) in [6, 6.07) is 33.5. The van der Waals surface area contributed by atoms with Crippen LogP contribution in [0, 0.1) is 5.92 Å². The van der Waals surface area contributed by atoms with Crippen LogP contribution in [0.15, 0.2) is 96.1 Å². The van der Waals surface area contributed by atoms with Crippen molar-refractivity contribution in [3.63, 3.8) is 0 Å². The van der Waals surface area contributed by atoms with Gasteiger partial charge >= 0.3 is 302 Å². The Morgan fingerprint density at radius 1 is 0.706 bits per heavy atom. The van der Waals surface area contributed by atoms with Crippen molar-refractivity contribution in [1.29, 1.82) is 0 Å². The van der Waals surface area contributed by atoms with E-state index in [1.54, 1.807) is 22.3 Å². The predicted molar refractivity (Wildman–Crippen MR) is 230 cm³/mol. The van der Waals surface area contributed by atoms with Crippen LogP contribution in [0.4, 0.5) is 0 Å². The Balaban J connectivity index is 0.00000252. The molecular weight excluding hydrogens is 755 g/mol. The molecule has 4 heteroatoms. The fourth-order valence-corrected chi connectivity index (χ4v) is 29.8. The number of halogens is 2. The molecule has 0 heterocycles. The molecule has 7 rings (SSSR count). The Kier molecular flexibility index (Phi) is 11.9. The maximum absolute atomic E-state index is 3.72. The van der Waals surface area contributed by atoms with Crippen molar-refractivity contribution in [3.8, 4) is 22.3 Å². The van der Waals surface area contributed by atoms with Gasteiger partial charge in [0.15, 0.2) is 0 Å². The number of hydrogen-bond acceptors (Lipinski definition) is 0. The van der Waals surface area contributed by atoms with Crippen LogP contribution >= 0.6 is 24.8 Å². The first kappa shape index (κ1) is 40.2. The van der Waals surface area contributed by atoms with Crippen LogP contribution in [0.25, 0.3) is 34.4 Å². The molecule has 3 aliphatic carbocycles. The third kappa shape index (κ3) is 7.19. The number of hydrogen-bond donors (Lipinski definition) is 0. The van der Waals surface area contributed by atoms with E-state index in [-0.39, 0.29) is 30.2 Å². The van der Waals surface area contributed by atoms with E-state index in [9.17, 15) is 0 Å². The summed E-state index contributed by atoms with van der Waals surface area (Å²) in [7, 11) is 0. The zero-order chi connectivity index (χ0) is 34.7. The SMILES string of the molecule is CCC1=Cc2c(-c3ccc(C(C)CC)cc3)cccc2[CH]1[Zr]([CH3])([CH3])(=[SiH2])[CH]1C(C2CCCC2)=Cc2c(-c3ccc(C(C)(C)C)cc3)cccc21.Cl.Cl. The maximum Gasteiger partial charge on any atom is -0.147 e. The van der Waals surface area contributed by atoms with Gasteiger partial charge in [0.1, 0.15) is 0 Å². The Hall–Kier alpha value is -1.96. The minimum absolute atomic E-state index is 0. The molecule has 0 amide bonds. The zero-order valence-electron chi connectivity index (χ0n) is 32.3. The molecule has 0 nitrogen and oxygen atoms in total.